The van der Waals surface area contributed by atoms with Gasteiger partial charge in [-0.2, -0.15) is 4.99 Å². The second-order valence-corrected chi connectivity index (χ2v) is 9.98. The molecule has 0 fully saturated rings. The molecule has 2 heterocycles. The van der Waals surface area contributed by atoms with Gasteiger partial charge in [0, 0.05) is 25.6 Å². The molecular formula is C20H20N2O5S2. The molecule has 0 unspecified atom stereocenters. The molecular weight excluding hydrogens is 412 g/mol. The molecule has 4 rings (SSSR count). The summed E-state index contributed by atoms with van der Waals surface area (Å²) in [5, 5.41) is 0. The zero-order chi connectivity index (χ0) is 20.6. The fourth-order valence-corrected chi connectivity index (χ4v) is 5.42. The zero-order valence-corrected chi connectivity index (χ0v) is 17.7. The normalized spacial score (nSPS) is 13.9. The summed E-state index contributed by atoms with van der Waals surface area (Å²) in [6.07, 6.45) is 0.297. The van der Waals surface area contributed by atoms with E-state index in [1.807, 2.05) is 30.7 Å². The minimum absolute atomic E-state index is 0.0715. The summed E-state index contributed by atoms with van der Waals surface area (Å²) in [5.41, 5.74) is 1.89. The van der Waals surface area contributed by atoms with Gasteiger partial charge in [0.2, 0.25) is 12.7 Å². The first-order valence-electron chi connectivity index (χ1n) is 9.10. The number of carbonyl (C=O) groups excluding carboxylic acids is 1. The van der Waals surface area contributed by atoms with Crippen LogP contribution in [0.5, 0.6) is 11.5 Å². The fourth-order valence-electron chi connectivity index (χ4n) is 3.06. The Bertz CT molecular complexity index is 1250. The van der Waals surface area contributed by atoms with Crippen molar-refractivity contribution in [3.63, 3.8) is 0 Å². The predicted molar refractivity (Wildman–Crippen MR) is 110 cm³/mol. The van der Waals surface area contributed by atoms with Gasteiger partial charge >= 0.3 is 0 Å². The van der Waals surface area contributed by atoms with Crippen molar-refractivity contribution in [3.8, 4) is 11.5 Å². The van der Waals surface area contributed by atoms with E-state index in [0.717, 1.165) is 15.8 Å². The number of ether oxygens (including phenoxy) is 2. The first kappa shape index (κ1) is 19.7. The van der Waals surface area contributed by atoms with E-state index in [-0.39, 0.29) is 36.2 Å². The Labute approximate surface area is 172 Å². The van der Waals surface area contributed by atoms with Crippen LogP contribution in [0, 0.1) is 6.92 Å². The Morgan fingerprint density at radius 3 is 2.59 bits per heavy atom. The number of amides is 1. The first-order valence-corrected chi connectivity index (χ1v) is 11.6. The number of sulfone groups is 1. The van der Waals surface area contributed by atoms with Gasteiger partial charge in [-0.25, -0.2) is 8.42 Å². The van der Waals surface area contributed by atoms with Crippen LogP contribution in [-0.2, 0) is 21.7 Å². The molecule has 2 aromatic carbocycles. The highest BCUT2D eigenvalue weighted by Crippen LogP contribution is 2.36. The number of carbonyl (C=O) groups is 1. The topological polar surface area (TPSA) is 87.0 Å². The summed E-state index contributed by atoms with van der Waals surface area (Å²) in [4.78, 5) is 17.3. The van der Waals surface area contributed by atoms with Gasteiger partial charge in [-0.15, -0.1) is 0 Å². The van der Waals surface area contributed by atoms with Gasteiger partial charge in [0.15, 0.2) is 26.1 Å². The summed E-state index contributed by atoms with van der Waals surface area (Å²) in [6.45, 7) is 2.11. The summed E-state index contributed by atoms with van der Waals surface area (Å²) in [6, 6.07) is 10.5. The van der Waals surface area contributed by atoms with Gasteiger partial charge in [-0.3, -0.25) is 4.79 Å². The number of fused-ring (bicyclic) bond motifs is 2. The van der Waals surface area contributed by atoms with Gasteiger partial charge in [0.25, 0.3) is 0 Å². The van der Waals surface area contributed by atoms with Crippen molar-refractivity contribution in [1.29, 1.82) is 0 Å². The number of hydrogen-bond acceptors (Lipinski definition) is 6. The smallest absolute Gasteiger partial charge is 0.248 e. The number of benzene rings is 2. The molecule has 1 amide bonds. The molecule has 3 aromatic rings. The molecule has 0 radical (unpaired) electrons. The van der Waals surface area contributed by atoms with Crippen molar-refractivity contribution in [2.24, 2.45) is 12.0 Å². The highest BCUT2D eigenvalue weighted by molar-refractivity contribution is 7.91. The molecule has 0 aliphatic carbocycles. The van der Waals surface area contributed by atoms with Gasteiger partial charge in [-0.05, 0) is 25.5 Å². The van der Waals surface area contributed by atoms with Crippen molar-refractivity contribution in [3.05, 3.63) is 46.8 Å². The van der Waals surface area contributed by atoms with Crippen LogP contribution in [0.15, 0.2) is 46.3 Å². The molecule has 29 heavy (non-hydrogen) atoms. The number of thiazole rings is 1. The Hall–Kier alpha value is -2.65. The standard InChI is InChI=1S/C20H20N2O5S2/c1-13-5-7-14(8-6-13)29(24,25)9-3-4-19(23)21-20-22(2)15-10-16-17(27-12-26-16)11-18(15)28-20/h5-8,10-11H,3-4,9,12H2,1-2H3. The summed E-state index contributed by atoms with van der Waals surface area (Å²) >= 11 is 1.38. The quantitative estimate of drug-likeness (QED) is 0.619. The third-order valence-corrected chi connectivity index (χ3v) is 7.62. The second kappa shape index (κ2) is 7.64. The molecule has 1 aromatic heterocycles. The van der Waals surface area contributed by atoms with Gasteiger partial charge in [0.05, 0.1) is 20.9 Å². The molecule has 0 saturated carbocycles. The van der Waals surface area contributed by atoms with E-state index in [1.54, 1.807) is 24.3 Å². The highest BCUT2D eigenvalue weighted by Gasteiger charge is 2.17. The molecule has 0 atom stereocenters. The van der Waals surface area contributed by atoms with Crippen LogP contribution in [0.2, 0.25) is 0 Å². The number of nitrogens with zero attached hydrogens (tertiary/aromatic N) is 2. The van der Waals surface area contributed by atoms with Crippen molar-refractivity contribution in [2.45, 2.75) is 24.7 Å². The summed E-state index contributed by atoms with van der Waals surface area (Å²) in [5.74, 6) is 0.923. The largest absolute Gasteiger partial charge is 0.454 e. The molecule has 0 spiro atoms. The van der Waals surface area contributed by atoms with Crippen molar-refractivity contribution in [2.75, 3.05) is 12.5 Å². The molecule has 9 heteroatoms. The minimum Gasteiger partial charge on any atom is -0.454 e. The average molecular weight is 433 g/mol. The van der Waals surface area contributed by atoms with Gasteiger partial charge in [-0.1, -0.05) is 29.0 Å². The molecule has 152 valence electrons. The number of aromatic nitrogens is 1. The van der Waals surface area contributed by atoms with E-state index in [4.69, 9.17) is 9.47 Å². The van der Waals surface area contributed by atoms with E-state index in [0.29, 0.717) is 16.3 Å². The van der Waals surface area contributed by atoms with Crippen LogP contribution >= 0.6 is 11.3 Å². The molecule has 1 aliphatic heterocycles. The van der Waals surface area contributed by atoms with Gasteiger partial charge in [0.1, 0.15) is 0 Å². The van der Waals surface area contributed by atoms with Crippen LogP contribution in [0.1, 0.15) is 18.4 Å². The number of aryl methyl sites for hydroxylation is 2. The maximum absolute atomic E-state index is 12.4. The van der Waals surface area contributed by atoms with Crippen LogP contribution in [0.3, 0.4) is 0 Å². The van der Waals surface area contributed by atoms with Crippen molar-refractivity contribution >= 4 is 37.3 Å². The predicted octanol–water partition coefficient (Wildman–Crippen LogP) is 2.96. The highest BCUT2D eigenvalue weighted by atomic mass is 32.2. The maximum atomic E-state index is 12.4. The minimum atomic E-state index is -3.40. The third kappa shape index (κ3) is 4.06. The van der Waals surface area contributed by atoms with Crippen LogP contribution in [0.25, 0.3) is 10.2 Å². The molecule has 7 nitrogen and oxygen atoms in total. The monoisotopic (exact) mass is 432 g/mol. The maximum Gasteiger partial charge on any atom is 0.248 e. The lowest BCUT2D eigenvalue weighted by Gasteiger charge is -2.04. The SMILES string of the molecule is Cc1ccc(S(=O)(=O)CCCC(=O)N=c2sc3cc4c(cc3n2C)OCO4)cc1. The lowest BCUT2D eigenvalue weighted by molar-refractivity contribution is -0.118. The Balaban J connectivity index is 1.46. The summed E-state index contributed by atoms with van der Waals surface area (Å²) in [7, 11) is -1.58. The second-order valence-electron chi connectivity index (χ2n) is 6.86. The van der Waals surface area contributed by atoms with E-state index in [1.165, 1.54) is 11.3 Å². The summed E-state index contributed by atoms with van der Waals surface area (Å²) < 4.78 is 38.3. The number of hydrogen-bond donors (Lipinski definition) is 0. The Morgan fingerprint density at radius 2 is 1.86 bits per heavy atom. The van der Waals surface area contributed by atoms with E-state index in [2.05, 4.69) is 4.99 Å². The first-order chi connectivity index (χ1) is 13.8. The molecule has 1 aliphatic rings. The van der Waals surface area contributed by atoms with Crippen molar-refractivity contribution in [1.82, 2.24) is 4.57 Å². The Morgan fingerprint density at radius 1 is 1.17 bits per heavy atom. The van der Waals surface area contributed by atoms with E-state index in [9.17, 15) is 13.2 Å². The third-order valence-electron chi connectivity index (χ3n) is 4.71. The van der Waals surface area contributed by atoms with Crippen LogP contribution in [-0.4, -0.2) is 31.4 Å². The van der Waals surface area contributed by atoms with Crippen LogP contribution in [0.4, 0.5) is 0 Å². The van der Waals surface area contributed by atoms with E-state index < -0.39 is 9.84 Å². The van der Waals surface area contributed by atoms with Gasteiger partial charge < -0.3 is 14.0 Å². The molecule has 0 bridgehead atoms. The lowest BCUT2D eigenvalue weighted by Crippen LogP contribution is -2.14. The van der Waals surface area contributed by atoms with Crippen LogP contribution < -0.4 is 14.3 Å². The zero-order valence-electron chi connectivity index (χ0n) is 16.0. The number of rotatable bonds is 5. The molecule has 0 saturated heterocycles. The van der Waals surface area contributed by atoms with Crippen molar-refractivity contribution < 1.29 is 22.7 Å². The average Bonchev–Trinajstić information content (AvgIpc) is 3.24. The molecule has 0 N–H and O–H groups in total. The Kier molecular flexibility index (Phi) is 5.18. The van der Waals surface area contributed by atoms with E-state index >= 15 is 0 Å². The fraction of sp³-hybridized carbons (Fsp3) is 0.300. The lowest BCUT2D eigenvalue weighted by atomic mass is 10.2.